The van der Waals surface area contributed by atoms with E-state index in [0.29, 0.717) is 11.8 Å². The Hall–Kier alpha value is -2.47. The maximum Gasteiger partial charge on any atom is 0.233 e. The van der Waals surface area contributed by atoms with Crippen LogP contribution in [-0.4, -0.2) is 33.8 Å². The Labute approximate surface area is 147 Å². The van der Waals surface area contributed by atoms with Crippen LogP contribution in [0.15, 0.2) is 45.3 Å². The standard InChI is InChI=1S/C19H24N4O2/c1-4-18-20-21-19(24-18)14(2)23(3)12-8-11-16-13-17(22-25-16)15-9-6-5-7-10-15/h5-7,9-10,13-14H,4,8,11-12H2,1-3H3. The molecule has 6 heteroatoms. The molecule has 132 valence electrons. The lowest BCUT2D eigenvalue weighted by atomic mass is 10.1. The number of aromatic nitrogens is 3. The van der Waals surface area contributed by atoms with Crippen molar-refractivity contribution >= 4 is 0 Å². The maximum absolute atomic E-state index is 5.64. The Kier molecular flexibility index (Phi) is 5.60. The predicted molar refractivity (Wildman–Crippen MR) is 95.0 cm³/mol. The topological polar surface area (TPSA) is 68.2 Å². The lowest BCUT2D eigenvalue weighted by Gasteiger charge is -2.21. The first-order valence-electron chi connectivity index (χ1n) is 8.71. The molecule has 0 aliphatic heterocycles. The summed E-state index contributed by atoms with van der Waals surface area (Å²) in [5.41, 5.74) is 1.96. The molecule has 1 unspecified atom stereocenters. The molecule has 3 rings (SSSR count). The van der Waals surface area contributed by atoms with E-state index in [1.807, 2.05) is 43.3 Å². The van der Waals surface area contributed by atoms with Crippen LogP contribution in [0.2, 0.25) is 0 Å². The molecule has 0 saturated carbocycles. The molecule has 6 nitrogen and oxygen atoms in total. The fraction of sp³-hybridized carbons (Fsp3) is 0.421. The van der Waals surface area contributed by atoms with E-state index >= 15 is 0 Å². The third-order valence-corrected chi connectivity index (χ3v) is 4.37. The zero-order valence-corrected chi connectivity index (χ0v) is 15.0. The van der Waals surface area contributed by atoms with Crippen molar-refractivity contribution in [1.29, 1.82) is 0 Å². The van der Waals surface area contributed by atoms with Crippen LogP contribution in [-0.2, 0) is 12.8 Å². The van der Waals surface area contributed by atoms with Gasteiger partial charge in [-0.25, -0.2) is 0 Å². The fourth-order valence-corrected chi connectivity index (χ4v) is 2.64. The first kappa shape index (κ1) is 17.4. The normalized spacial score (nSPS) is 12.6. The third-order valence-electron chi connectivity index (χ3n) is 4.37. The monoisotopic (exact) mass is 340 g/mol. The van der Waals surface area contributed by atoms with E-state index in [9.17, 15) is 0 Å². The van der Waals surface area contributed by atoms with Crippen molar-refractivity contribution in [2.24, 2.45) is 0 Å². The quantitative estimate of drug-likeness (QED) is 0.619. The van der Waals surface area contributed by atoms with Gasteiger partial charge in [0.2, 0.25) is 11.8 Å². The highest BCUT2D eigenvalue weighted by atomic mass is 16.5. The molecule has 0 aliphatic rings. The van der Waals surface area contributed by atoms with Crippen LogP contribution in [0.5, 0.6) is 0 Å². The second-order valence-corrected chi connectivity index (χ2v) is 6.19. The van der Waals surface area contributed by atoms with E-state index in [1.165, 1.54) is 0 Å². The predicted octanol–water partition coefficient (Wildman–Crippen LogP) is 3.91. The molecule has 0 spiro atoms. The summed E-state index contributed by atoms with van der Waals surface area (Å²) in [5.74, 6) is 2.27. The van der Waals surface area contributed by atoms with Gasteiger partial charge in [0, 0.05) is 24.5 Å². The summed E-state index contributed by atoms with van der Waals surface area (Å²) in [6.07, 6.45) is 2.58. The molecule has 0 aliphatic carbocycles. The summed E-state index contributed by atoms with van der Waals surface area (Å²) in [6.45, 7) is 4.99. The van der Waals surface area contributed by atoms with Gasteiger partial charge in [-0.3, -0.25) is 4.90 Å². The van der Waals surface area contributed by atoms with Gasteiger partial charge in [0.15, 0.2) is 0 Å². The Morgan fingerprint density at radius 3 is 2.68 bits per heavy atom. The van der Waals surface area contributed by atoms with Crippen molar-refractivity contribution < 1.29 is 8.94 Å². The number of nitrogens with zero attached hydrogens (tertiary/aromatic N) is 4. The molecule has 3 aromatic rings. The molecule has 2 heterocycles. The molecule has 25 heavy (non-hydrogen) atoms. The summed E-state index contributed by atoms with van der Waals surface area (Å²) in [4.78, 5) is 2.21. The highest BCUT2D eigenvalue weighted by Gasteiger charge is 2.18. The Morgan fingerprint density at radius 1 is 1.16 bits per heavy atom. The van der Waals surface area contributed by atoms with Crippen LogP contribution in [0.25, 0.3) is 11.3 Å². The Balaban J connectivity index is 1.50. The first-order chi connectivity index (χ1) is 12.2. The molecule has 0 amide bonds. The summed E-state index contributed by atoms with van der Waals surface area (Å²) >= 11 is 0. The van der Waals surface area contributed by atoms with E-state index in [2.05, 4.69) is 34.2 Å². The number of hydrogen-bond acceptors (Lipinski definition) is 6. The Bertz CT molecular complexity index is 782. The van der Waals surface area contributed by atoms with Gasteiger partial charge in [-0.15, -0.1) is 10.2 Å². The van der Waals surface area contributed by atoms with Gasteiger partial charge >= 0.3 is 0 Å². The molecule has 0 bridgehead atoms. The molecule has 1 aromatic carbocycles. The summed E-state index contributed by atoms with van der Waals surface area (Å²) < 4.78 is 11.1. The summed E-state index contributed by atoms with van der Waals surface area (Å²) in [5, 5.41) is 12.3. The molecule has 0 saturated heterocycles. The summed E-state index contributed by atoms with van der Waals surface area (Å²) in [7, 11) is 2.07. The maximum atomic E-state index is 5.64. The second kappa shape index (κ2) is 8.07. The van der Waals surface area contributed by atoms with E-state index < -0.39 is 0 Å². The SMILES string of the molecule is CCc1nnc(C(C)N(C)CCCc2cc(-c3ccccc3)no2)o1. The smallest absolute Gasteiger partial charge is 0.233 e. The molecule has 0 N–H and O–H groups in total. The highest BCUT2D eigenvalue weighted by Crippen LogP contribution is 2.21. The number of rotatable bonds is 8. The van der Waals surface area contributed by atoms with E-state index in [4.69, 9.17) is 8.94 Å². The molecule has 1 atom stereocenters. The van der Waals surface area contributed by atoms with E-state index in [1.54, 1.807) is 0 Å². The van der Waals surface area contributed by atoms with Gasteiger partial charge in [-0.2, -0.15) is 0 Å². The van der Waals surface area contributed by atoms with Crippen LogP contribution in [0, 0.1) is 0 Å². The van der Waals surface area contributed by atoms with Crippen molar-refractivity contribution in [2.75, 3.05) is 13.6 Å². The number of hydrogen-bond donors (Lipinski definition) is 0. The lowest BCUT2D eigenvalue weighted by molar-refractivity contribution is 0.217. The molecule has 0 fully saturated rings. The fourth-order valence-electron chi connectivity index (χ4n) is 2.64. The van der Waals surface area contributed by atoms with Crippen LogP contribution in [0.1, 0.15) is 43.9 Å². The van der Waals surface area contributed by atoms with Crippen molar-refractivity contribution in [3.8, 4) is 11.3 Å². The van der Waals surface area contributed by atoms with E-state index in [0.717, 1.165) is 42.8 Å². The van der Waals surface area contributed by atoms with Crippen LogP contribution in [0.3, 0.4) is 0 Å². The average molecular weight is 340 g/mol. The summed E-state index contributed by atoms with van der Waals surface area (Å²) in [6, 6.07) is 12.2. The average Bonchev–Trinajstić information content (AvgIpc) is 3.31. The van der Waals surface area contributed by atoms with E-state index in [-0.39, 0.29) is 6.04 Å². The van der Waals surface area contributed by atoms with Crippen molar-refractivity contribution in [2.45, 2.75) is 39.2 Å². The van der Waals surface area contributed by atoms with Gasteiger partial charge in [0.25, 0.3) is 0 Å². The highest BCUT2D eigenvalue weighted by molar-refractivity contribution is 5.58. The van der Waals surface area contributed by atoms with Gasteiger partial charge in [-0.1, -0.05) is 42.4 Å². The van der Waals surface area contributed by atoms with Crippen LogP contribution >= 0.6 is 0 Å². The largest absolute Gasteiger partial charge is 0.424 e. The molecule has 2 aromatic heterocycles. The van der Waals surface area contributed by atoms with Gasteiger partial charge in [0.1, 0.15) is 11.5 Å². The lowest BCUT2D eigenvalue weighted by Crippen LogP contribution is -2.24. The van der Waals surface area contributed by atoms with Crippen molar-refractivity contribution in [3.05, 3.63) is 53.9 Å². The minimum Gasteiger partial charge on any atom is -0.424 e. The van der Waals surface area contributed by atoms with Gasteiger partial charge in [0.05, 0.1) is 6.04 Å². The second-order valence-electron chi connectivity index (χ2n) is 6.19. The van der Waals surface area contributed by atoms with Crippen molar-refractivity contribution in [3.63, 3.8) is 0 Å². The van der Waals surface area contributed by atoms with Gasteiger partial charge in [-0.05, 0) is 26.9 Å². The minimum atomic E-state index is 0.0994. The zero-order chi connectivity index (χ0) is 17.6. The third kappa shape index (κ3) is 4.33. The Morgan fingerprint density at radius 2 is 1.96 bits per heavy atom. The number of aryl methyl sites for hydroxylation is 2. The number of benzene rings is 1. The minimum absolute atomic E-state index is 0.0994. The zero-order valence-electron chi connectivity index (χ0n) is 15.0. The van der Waals surface area contributed by atoms with Crippen LogP contribution < -0.4 is 0 Å². The molecule has 0 radical (unpaired) electrons. The first-order valence-corrected chi connectivity index (χ1v) is 8.71. The van der Waals surface area contributed by atoms with Crippen LogP contribution in [0.4, 0.5) is 0 Å². The van der Waals surface area contributed by atoms with Crippen molar-refractivity contribution in [1.82, 2.24) is 20.3 Å². The van der Waals surface area contributed by atoms with Gasteiger partial charge < -0.3 is 8.94 Å². The molecular weight excluding hydrogens is 316 g/mol. The molecular formula is C19H24N4O2.